The molecule has 1 aromatic carbocycles. The van der Waals surface area contributed by atoms with Crippen LogP contribution in [0.25, 0.3) is 11.4 Å². The summed E-state index contributed by atoms with van der Waals surface area (Å²) in [6.45, 7) is -0.0597. The maximum atomic E-state index is 13.9. The number of benzene rings is 1. The number of methoxy groups -OCH3 is 1. The fraction of sp³-hybridized carbons (Fsp3) is 0.222. The smallest absolute Gasteiger partial charge is 0.410 e. The van der Waals surface area contributed by atoms with Crippen LogP contribution < -0.4 is 15.8 Å². The predicted octanol–water partition coefficient (Wildman–Crippen LogP) is 2.41. The Bertz CT molecular complexity index is 1040. The van der Waals surface area contributed by atoms with E-state index >= 15 is 0 Å². The molecule has 0 aliphatic heterocycles. The lowest BCUT2D eigenvalue weighted by atomic mass is 10.1. The number of carboxylic acid groups (broad SMARTS) is 1. The Morgan fingerprint density at radius 1 is 1.34 bits per heavy atom. The van der Waals surface area contributed by atoms with Crippen LogP contribution in [0.15, 0.2) is 30.6 Å². The summed E-state index contributed by atoms with van der Waals surface area (Å²) >= 11 is 0. The third-order valence-corrected chi connectivity index (χ3v) is 3.88. The Kier molecular flexibility index (Phi) is 5.88. The molecule has 29 heavy (non-hydrogen) atoms. The Hall–Kier alpha value is -3.73. The molecule has 0 bridgehead atoms. The minimum absolute atomic E-state index is 0.00899. The molecule has 2 heterocycles. The number of aryl methyl sites for hydroxylation is 1. The molecule has 10 nitrogen and oxygen atoms in total. The van der Waals surface area contributed by atoms with Gasteiger partial charge in [0.2, 0.25) is 0 Å². The Morgan fingerprint density at radius 3 is 2.79 bits per heavy atom. The van der Waals surface area contributed by atoms with Crippen LogP contribution in [0.1, 0.15) is 11.3 Å². The van der Waals surface area contributed by atoms with Crippen molar-refractivity contribution >= 4 is 17.6 Å². The molecule has 11 heteroatoms. The van der Waals surface area contributed by atoms with E-state index in [0.717, 1.165) is 6.07 Å². The zero-order valence-electron chi connectivity index (χ0n) is 15.7. The van der Waals surface area contributed by atoms with Crippen molar-refractivity contribution in [2.24, 2.45) is 7.05 Å². The minimum Gasteiger partial charge on any atom is -0.494 e. The second-order valence-electron chi connectivity index (χ2n) is 6.06. The highest BCUT2D eigenvalue weighted by Gasteiger charge is 2.15. The Morgan fingerprint density at radius 2 is 2.14 bits per heavy atom. The van der Waals surface area contributed by atoms with Crippen molar-refractivity contribution in [3.8, 4) is 17.1 Å². The molecule has 3 rings (SSSR count). The van der Waals surface area contributed by atoms with Gasteiger partial charge in [0, 0.05) is 7.05 Å². The average molecular weight is 402 g/mol. The van der Waals surface area contributed by atoms with Crippen molar-refractivity contribution in [2.75, 3.05) is 18.2 Å². The predicted molar refractivity (Wildman–Crippen MR) is 102 cm³/mol. The van der Waals surface area contributed by atoms with Gasteiger partial charge in [0.1, 0.15) is 23.7 Å². The van der Waals surface area contributed by atoms with Crippen molar-refractivity contribution in [1.82, 2.24) is 19.7 Å². The number of amides is 1. The lowest BCUT2D eigenvalue weighted by Crippen LogP contribution is -2.10. The number of pyridine rings is 1. The summed E-state index contributed by atoms with van der Waals surface area (Å²) in [4.78, 5) is 18.8. The highest BCUT2D eigenvalue weighted by molar-refractivity contribution is 5.81. The quantitative estimate of drug-likeness (QED) is 0.512. The van der Waals surface area contributed by atoms with Gasteiger partial charge in [0.15, 0.2) is 11.6 Å². The first kappa shape index (κ1) is 20.0. The van der Waals surface area contributed by atoms with Crippen LogP contribution in [0.4, 0.5) is 20.7 Å². The Labute approximate surface area is 165 Å². The van der Waals surface area contributed by atoms with E-state index in [-0.39, 0.29) is 24.7 Å². The molecule has 0 atom stereocenters. The van der Waals surface area contributed by atoms with Crippen molar-refractivity contribution in [3.63, 3.8) is 0 Å². The summed E-state index contributed by atoms with van der Waals surface area (Å²) in [5, 5.41) is 15.1. The number of nitrogens with one attached hydrogen (secondary N) is 1. The van der Waals surface area contributed by atoms with Gasteiger partial charge in [0.05, 0.1) is 31.6 Å². The number of hydrogen-bond donors (Lipinski definition) is 3. The number of ether oxygens (including phenoxy) is 2. The van der Waals surface area contributed by atoms with Crippen LogP contribution in [0.2, 0.25) is 0 Å². The van der Waals surface area contributed by atoms with Crippen LogP contribution in [-0.2, 0) is 25.0 Å². The number of aromatic nitrogens is 4. The molecule has 0 radical (unpaired) electrons. The highest BCUT2D eigenvalue weighted by Crippen LogP contribution is 2.34. The fourth-order valence-electron chi connectivity index (χ4n) is 2.68. The van der Waals surface area contributed by atoms with E-state index in [9.17, 15) is 9.18 Å². The summed E-state index contributed by atoms with van der Waals surface area (Å²) in [5.41, 5.74) is 7.73. The van der Waals surface area contributed by atoms with Crippen LogP contribution in [0, 0.1) is 5.82 Å². The zero-order chi connectivity index (χ0) is 21.0. The van der Waals surface area contributed by atoms with Gasteiger partial charge in [-0.2, -0.15) is 5.10 Å². The molecule has 0 unspecified atom stereocenters. The summed E-state index contributed by atoms with van der Waals surface area (Å²) in [6.07, 6.45) is 0.265. The first-order chi connectivity index (χ1) is 13.9. The van der Waals surface area contributed by atoms with Gasteiger partial charge in [-0.3, -0.25) is 10.00 Å². The molecule has 0 aliphatic carbocycles. The van der Waals surface area contributed by atoms with Gasteiger partial charge < -0.3 is 20.3 Å². The fourth-order valence-corrected chi connectivity index (χ4v) is 2.68. The van der Waals surface area contributed by atoms with Crippen LogP contribution in [0.5, 0.6) is 5.75 Å². The molecule has 1 amide bonds. The lowest BCUT2D eigenvalue weighted by Gasteiger charge is -2.12. The number of rotatable bonds is 7. The van der Waals surface area contributed by atoms with Crippen LogP contribution in [0.3, 0.4) is 0 Å². The molecule has 2 aromatic heterocycles. The van der Waals surface area contributed by atoms with Crippen LogP contribution >= 0.6 is 0 Å². The number of carbonyl (C=O) groups is 1. The first-order valence-corrected chi connectivity index (χ1v) is 8.43. The molecule has 3 aromatic rings. The molecule has 4 N–H and O–H groups in total. The van der Waals surface area contributed by atoms with Gasteiger partial charge in [-0.15, -0.1) is 0 Å². The second-order valence-corrected chi connectivity index (χ2v) is 6.06. The van der Waals surface area contributed by atoms with Gasteiger partial charge in [-0.25, -0.2) is 19.2 Å². The summed E-state index contributed by atoms with van der Waals surface area (Å²) < 4.78 is 26.4. The minimum atomic E-state index is -1.29. The SMILES string of the molecule is COc1c(N)cc(COCc2nc(NC(=O)O)ccc2F)cc1-c1ncn(C)n1. The number of hydrogen-bond acceptors (Lipinski definition) is 7. The van der Waals surface area contributed by atoms with Gasteiger partial charge in [-0.05, 0) is 29.8 Å². The van der Waals surface area contributed by atoms with E-state index in [4.69, 9.17) is 20.3 Å². The third kappa shape index (κ3) is 4.76. The number of nitrogens with zero attached hydrogens (tertiary/aromatic N) is 4. The van der Waals surface area contributed by atoms with Gasteiger partial charge in [-0.1, -0.05) is 0 Å². The molecular weight excluding hydrogens is 383 g/mol. The Balaban J connectivity index is 1.76. The standard InChI is InChI=1S/C18H19FN6O4/c1-25-9-21-17(24-25)11-5-10(6-13(20)16(11)28-2)7-29-8-14-12(19)3-4-15(22-14)23-18(26)27/h3-6,9H,7-8,20H2,1-2H3,(H,22,23)(H,26,27). The van der Waals surface area contributed by atoms with Gasteiger partial charge in [0.25, 0.3) is 0 Å². The van der Waals surface area contributed by atoms with Crippen molar-refractivity contribution in [1.29, 1.82) is 0 Å². The molecule has 152 valence electrons. The average Bonchev–Trinajstić information content (AvgIpc) is 3.09. The molecule has 0 spiro atoms. The first-order valence-electron chi connectivity index (χ1n) is 8.43. The van der Waals surface area contributed by atoms with E-state index in [1.165, 1.54) is 13.2 Å². The molecule has 0 saturated carbocycles. The molecule has 0 fully saturated rings. The van der Waals surface area contributed by atoms with E-state index < -0.39 is 11.9 Å². The van der Waals surface area contributed by atoms with Crippen molar-refractivity contribution < 1.29 is 23.8 Å². The van der Waals surface area contributed by atoms with Crippen molar-refractivity contribution in [2.45, 2.75) is 13.2 Å². The lowest BCUT2D eigenvalue weighted by molar-refractivity contribution is 0.102. The molecule has 0 aliphatic rings. The number of nitrogen functional groups attached to an aromatic ring is 1. The topological polar surface area (TPSA) is 137 Å². The monoisotopic (exact) mass is 402 g/mol. The summed E-state index contributed by atoms with van der Waals surface area (Å²) in [6, 6.07) is 5.80. The highest BCUT2D eigenvalue weighted by atomic mass is 19.1. The van der Waals surface area contributed by atoms with E-state index in [1.54, 1.807) is 30.2 Å². The summed E-state index contributed by atoms with van der Waals surface area (Å²) in [5.74, 6) is 0.293. The van der Waals surface area contributed by atoms with E-state index in [1.807, 2.05) is 0 Å². The number of anilines is 2. The second kappa shape index (κ2) is 8.52. The largest absolute Gasteiger partial charge is 0.494 e. The maximum absolute atomic E-state index is 13.9. The molecular formula is C18H19FN6O4. The van der Waals surface area contributed by atoms with Crippen LogP contribution in [-0.4, -0.2) is 38.1 Å². The number of halogens is 1. The zero-order valence-corrected chi connectivity index (χ0v) is 15.7. The summed E-state index contributed by atoms with van der Waals surface area (Å²) in [7, 11) is 3.25. The molecule has 0 saturated heterocycles. The normalized spacial score (nSPS) is 10.7. The van der Waals surface area contributed by atoms with Gasteiger partial charge >= 0.3 is 6.09 Å². The number of nitrogens with two attached hydrogens (primary N) is 1. The maximum Gasteiger partial charge on any atom is 0.410 e. The van der Waals surface area contributed by atoms with E-state index in [0.29, 0.717) is 28.4 Å². The van der Waals surface area contributed by atoms with Crippen molar-refractivity contribution in [3.05, 3.63) is 47.7 Å². The van der Waals surface area contributed by atoms with E-state index in [2.05, 4.69) is 20.4 Å². The third-order valence-electron chi connectivity index (χ3n) is 3.88.